The van der Waals surface area contributed by atoms with Crippen molar-refractivity contribution in [3.05, 3.63) is 64.6 Å². The number of nitrogens with zero attached hydrogens (tertiary/aromatic N) is 1. The Morgan fingerprint density at radius 1 is 1.08 bits per heavy atom. The Hall–Kier alpha value is -3.28. The zero-order chi connectivity index (χ0) is 17.2. The molecule has 0 bridgehead atoms. The van der Waals surface area contributed by atoms with E-state index in [9.17, 15) is 4.79 Å². The second-order valence-corrected chi connectivity index (χ2v) is 5.83. The molecular formula is C19H18N4O2. The summed E-state index contributed by atoms with van der Waals surface area (Å²) in [6.07, 6.45) is 1.78. The molecule has 6 nitrogen and oxygen atoms in total. The highest BCUT2D eigenvalue weighted by Crippen LogP contribution is 2.20. The minimum atomic E-state index is -0.0990. The average molecular weight is 334 g/mol. The molecule has 2 aromatic heterocycles. The van der Waals surface area contributed by atoms with Crippen LogP contribution in [0.4, 0.5) is 5.69 Å². The Morgan fingerprint density at radius 3 is 2.88 bits per heavy atom. The van der Waals surface area contributed by atoms with E-state index in [0.717, 1.165) is 33.2 Å². The molecule has 0 fully saturated rings. The molecule has 126 valence electrons. The first-order chi connectivity index (χ1) is 12.2. The Labute approximate surface area is 143 Å². The van der Waals surface area contributed by atoms with Crippen LogP contribution in [0.2, 0.25) is 0 Å². The summed E-state index contributed by atoms with van der Waals surface area (Å²) in [5.74, 6) is 0.755. The summed E-state index contributed by atoms with van der Waals surface area (Å²) in [4.78, 5) is 15.3. The van der Waals surface area contributed by atoms with Crippen LogP contribution in [0.3, 0.4) is 0 Å². The first-order valence-corrected chi connectivity index (χ1v) is 8.19. The van der Waals surface area contributed by atoms with Crippen molar-refractivity contribution in [2.24, 2.45) is 0 Å². The van der Waals surface area contributed by atoms with Gasteiger partial charge in [0.2, 0.25) is 0 Å². The highest BCUT2D eigenvalue weighted by atomic mass is 16.5. The number of hydrogen-bond acceptors (Lipinski definition) is 4. The van der Waals surface area contributed by atoms with E-state index >= 15 is 0 Å². The largest absolute Gasteiger partial charge is 0.494 e. The van der Waals surface area contributed by atoms with Gasteiger partial charge in [-0.15, -0.1) is 0 Å². The van der Waals surface area contributed by atoms with Crippen LogP contribution in [0.15, 0.2) is 53.5 Å². The van der Waals surface area contributed by atoms with Gasteiger partial charge in [0.15, 0.2) is 0 Å². The van der Waals surface area contributed by atoms with Gasteiger partial charge in [-0.25, -0.2) is 0 Å². The fourth-order valence-electron chi connectivity index (χ4n) is 2.86. The lowest BCUT2D eigenvalue weighted by atomic mass is 10.1. The fraction of sp³-hybridized carbons (Fsp3) is 0.158. The maximum atomic E-state index is 12.3. The van der Waals surface area contributed by atoms with E-state index in [2.05, 4.69) is 20.5 Å². The first-order valence-electron chi connectivity index (χ1n) is 8.19. The summed E-state index contributed by atoms with van der Waals surface area (Å²) in [5, 5.41) is 12.2. The second kappa shape index (κ2) is 6.32. The van der Waals surface area contributed by atoms with Gasteiger partial charge < -0.3 is 15.0 Å². The van der Waals surface area contributed by atoms with Crippen molar-refractivity contribution in [2.45, 2.75) is 13.5 Å². The third-order valence-corrected chi connectivity index (χ3v) is 4.13. The predicted molar refractivity (Wildman–Crippen MR) is 99.2 cm³/mol. The van der Waals surface area contributed by atoms with Crippen LogP contribution in [0, 0.1) is 0 Å². The Morgan fingerprint density at radius 2 is 2.00 bits per heavy atom. The Bertz CT molecular complexity index is 1100. The molecule has 0 aliphatic heterocycles. The van der Waals surface area contributed by atoms with Gasteiger partial charge in [-0.2, -0.15) is 5.10 Å². The van der Waals surface area contributed by atoms with Gasteiger partial charge in [-0.1, -0.05) is 0 Å². The number of H-pyrrole nitrogens is 2. The van der Waals surface area contributed by atoms with E-state index in [0.29, 0.717) is 18.7 Å². The molecule has 0 aliphatic carbocycles. The van der Waals surface area contributed by atoms with Crippen molar-refractivity contribution in [1.29, 1.82) is 0 Å². The molecule has 25 heavy (non-hydrogen) atoms. The quantitative estimate of drug-likeness (QED) is 0.522. The molecular weight excluding hydrogens is 316 g/mol. The SMILES string of the molecule is CCOc1ccc2cc(CNc3ccc4[nH]ncc4c3)c(=O)[nH]c2c1. The summed E-state index contributed by atoms with van der Waals surface area (Å²) in [6, 6.07) is 13.6. The first kappa shape index (κ1) is 15.3. The highest BCUT2D eigenvalue weighted by molar-refractivity contribution is 5.82. The number of fused-ring (bicyclic) bond motifs is 2. The number of aromatic amines is 2. The summed E-state index contributed by atoms with van der Waals surface area (Å²) in [6.45, 7) is 2.98. The molecule has 0 aliphatic rings. The molecule has 0 atom stereocenters. The van der Waals surface area contributed by atoms with Crippen LogP contribution in [0.25, 0.3) is 21.8 Å². The van der Waals surface area contributed by atoms with Crippen LogP contribution < -0.4 is 15.6 Å². The Balaban J connectivity index is 1.59. The lowest BCUT2D eigenvalue weighted by Gasteiger charge is -2.08. The molecule has 3 N–H and O–H groups in total. The van der Waals surface area contributed by atoms with Crippen LogP contribution >= 0.6 is 0 Å². The van der Waals surface area contributed by atoms with Crippen LogP contribution in [-0.2, 0) is 6.54 Å². The number of rotatable bonds is 5. The summed E-state index contributed by atoms with van der Waals surface area (Å²) in [7, 11) is 0. The van der Waals surface area contributed by atoms with Crippen LogP contribution in [-0.4, -0.2) is 21.8 Å². The molecule has 2 heterocycles. The van der Waals surface area contributed by atoms with Crippen LogP contribution in [0.5, 0.6) is 5.75 Å². The van der Waals surface area contributed by atoms with Crippen LogP contribution in [0.1, 0.15) is 12.5 Å². The molecule has 4 aromatic rings. The Kier molecular flexibility index (Phi) is 3.85. The van der Waals surface area contributed by atoms with Crippen molar-refractivity contribution in [2.75, 3.05) is 11.9 Å². The molecule has 0 radical (unpaired) electrons. The topological polar surface area (TPSA) is 82.8 Å². The molecule has 0 spiro atoms. The van der Waals surface area contributed by atoms with Crippen molar-refractivity contribution in [3.63, 3.8) is 0 Å². The molecule has 4 rings (SSSR count). The molecule has 0 amide bonds. The third-order valence-electron chi connectivity index (χ3n) is 4.13. The number of ether oxygens (including phenoxy) is 1. The number of benzene rings is 2. The van der Waals surface area contributed by atoms with E-state index in [4.69, 9.17) is 4.74 Å². The lowest BCUT2D eigenvalue weighted by Crippen LogP contribution is -2.15. The summed E-state index contributed by atoms with van der Waals surface area (Å²) < 4.78 is 5.48. The van der Waals surface area contributed by atoms with Gasteiger partial charge >= 0.3 is 0 Å². The summed E-state index contributed by atoms with van der Waals surface area (Å²) >= 11 is 0. The molecule has 0 saturated heterocycles. The van der Waals surface area contributed by atoms with Gasteiger partial charge in [0.1, 0.15) is 5.75 Å². The number of aromatic nitrogens is 3. The third kappa shape index (κ3) is 3.06. The van der Waals surface area contributed by atoms with Gasteiger partial charge in [-0.3, -0.25) is 9.89 Å². The maximum absolute atomic E-state index is 12.3. The van der Waals surface area contributed by atoms with Crippen molar-refractivity contribution in [1.82, 2.24) is 15.2 Å². The molecule has 2 aromatic carbocycles. The van der Waals surface area contributed by atoms with Crippen molar-refractivity contribution < 1.29 is 4.74 Å². The van der Waals surface area contributed by atoms with E-state index in [1.807, 2.05) is 49.4 Å². The van der Waals surface area contributed by atoms with Gasteiger partial charge in [0.25, 0.3) is 5.56 Å². The average Bonchev–Trinajstić information content (AvgIpc) is 3.08. The normalized spacial score (nSPS) is 11.1. The van der Waals surface area contributed by atoms with Gasteiger partial charge in [0, 0.05) is 29.2 Å². The van der Waals surface area contributed by atoms with Crippen molar-refractivity contribution in [3.8, 4) is 5.75 Å². The van der Waals surface area contributed by atoms with E-state index in [1.165, 1.54) is 0 Å². The highest BCUT2D eigenvalue weighted by Gasteiger charge is 2.05. The molecule has 0 saturated carbocycles. The second-order valence-electron chi connectivity index (χ2n) is 5.83. The minimum absolute atomic E-state index is 0.0990. The lowest BCUT2D eigenvalue weighted by molar-refractivity contribution is 0.340. The number of hydrogen-bond donors (Lipinski definition) is 3. The molecule has 0 unspecified atom stereocenters. The summed E-state index contributed by atoms with van der Waals surface area (Å²) in [5.41, 5.74) is 3.29. The van der Waals surface area contributed by atoms with E-state index in [-0.39, 0.29) is 5.56 Å². The number of nitrogens with one attached hydrogen (secondary N) is 3. The number of anilines is 1. The smallest absolute Gasteiger partial charge is 0.253 e. The maximum Gasteiger partial charge on any atom is 0.253 e. The van der Waals surface area contributed by atoms with Gasteiger partial charge in [0.05, 0.1) is 23.8 Å². The fourth-order valence-corrected chi connectivity index (χ4v) is 2.86. The minimum Gasteiger partial charge on any atom is -0.494 e. The van der Waals surface area contributed by atoms with Crippen molar-refractivity contribution >= 4 is 27.5 Å². The monoisotopic (exact) mass is 334 g/mol. The molecule has 6 heteroatoms. The van der Waals surface area contributed by atoms with Gasteiger partial charge in [-0.05, 0) is 48.7 Å². The number of pyridine rings is 1. The predicted octanol–water partition coefficient (Wildman–Crippen LogP) is 3.42. The standard InChI is InChI=1S/C19H18N4O2/c1-2-25-16-5-3-12-7-14(19(24)22-18(12)9-16)10-20-15-4-6-17-13(8-15)11-21-23-17/h3-9,11,20H,2,10H2,1H3,(H,21,23)(H,22,24). The zero-order valence-electron chi connectivity index (χ0n) is 13.8. The zero-order valence-corrected chi connectivity index (χ0v) is 13.8. The van der Waals surface area contributed by atoms with E-state index in [1.54, 1.807) is 6.20 Å². The van der Waals surface area contributed by atoms with E-state index < -0.39 is 0 Å².